The molecular weight excluding hydrogens is 234 g/mol. The Morgan fingerprint density at radius 1 is 1.33 bits per heavy atom. The molecule has 0 amide bonds. The fraction of sp³-hybridized carbons (Fsp3) is 0.167. The maximum atomic E-state index is 10.7. The van der Waals surface area contributed by atoms with Gasteiger partial charge in [0.25, 0.3) is 0 Å². The molecular formula is C12H11N3O3. The highest BCUT2D eigenvalue weighted by Gasteiger charge is 2.06. The molecule has 0 radical (unpaired) electrons. The smallest absolute Gasteiger partial charge is 0.354 e. The summed E-state index contributed by atoms with van der Waals surface area (Å²) < 4.78 is 5.24. The molecule has 18 heavy (non-hydrogen) atoms. The summed E-state index contributed by atoms with van der Waals surface area (Å²) in [7, 11) is 0. The van der Waals surface area contributed by atoms with E-state index in [1.54, 1.807) is 12.3 Å². The van der Waals surface area contributed by atoms with Crippen molar-refractivity contribution < 1.29 is 14.6 Å². The summed E-state index contributed by atoms with van der Waals surface area (Å²) in [5, 5.41) is 8.75. The first-order valence-electron chi connectivity index (χ1n) is 5.35. The van der Waals surface area contributed by atoms with Gasteiger partial charge in [-0.3, -0.25) is 4.98 Å². The Bertz CT molecular complexity index is 555. The maximum Gasteiger partial charge on any atom is 0.354 e. The minimum Gasteiger partial charge on any atom is -0.477 e. The molecule has 0 saturated heterocycles. The highest BCUT2D eigenvalue weighted by Crippen LogP contribution is 2.17. The topological polar surface area (TPSA) is 85.2 Å². The van der Waals surface area contributed by atoms with Crippen molar-refractivity contribution in [1.82, 2.24) is 15.0 Å². The summed E-state index contributed by atoms with van der Waals surface area (Å²) >= 11 is 0. The van der Waals surface area contributed by atoms with Crippen LogP contribution in [-0.4, -0.2) is 32.6 Å². The number of rotatable bonds is 4. The van der Waals surface area contributed by atoms with Crippen molar-refractivity contribution in [3.63, 3.8) is 0 Å². The Hall–Kier alpha value is -2.50. The molecule has 0 bridgehead atoms. The monoisotopic (exact) mass is 245 g/mol. The van der Waals surface area contributed by atoms with Crippen molar-refractivity contribution in [3.8, 4) is 17.1 Å². The minimum atomic E-state index is -1.06. The zero-order valence-corrected chi connectivity index (χ0v) is 9.70. The third-order valence-corrected chi connectivity index (χ3v) is 2.18. The van der Waals surface area contributed by atoms with E-state index in [0.717, 1.165) is 0 Å². The van der Waals surface area contributed by atoms with E-state index >= 15 is 0 Å². The Morgan fingerprint density at radius 2 is 2.17 bits per heavy atom. The fourth-order valence-electron chi connectivity index (χ4n) is 1.38. The van der Waals surface area contributed by atoms with Gasteiger partial charge in [0.05, 0.1) is 24.7 Å². The third kappa shape index (κ3) is 2.60. The van der Waals surface area contributed by atoms with E-state index < -0.39 is 5.97 Å². The molecule has 0 aliphatic carbocycles. The lowest BCUT2D eigenvalue weighted by atomic mass is 10.2. The van der Waals surface area contributed by atoms with E-state index in [2.05, 4.69) is 15.0 Å². The molecule has 2 aromatic rings. The molecule has 0 saturated carbocycles. The van der Waals surface area contributed by atoms with Gasteiger partial charge in [-0.15, -0.1) is 0 Å². The van der Waals surface area contributed by atoms with E-state index in [0.29, 0.717) is 23.7 Å². The normalized spacial score (nSPS) is 10.1. The van der Waals surface area contributed by atoms with Crippen LogP contribution < -0.4 is 4.74 Å². The van der Waals surface area contributed by atoms with Crippen LogP contribution in [0.2, 0.25) is 0 Å². The minimum absolute atomic E-state index is 0.00679. The summed E-state index contributed by atoms with van der Waals surface area (Å²) in [6.07, 6.45) is 4.54. The first-order chi connectivity index (χ1) is 8.70. The fourth-order valence-corrected chi connectivity index (χ4v) is 1.38. The average Bonchev–Trinajstić information content (AvgIpc) is 2.39. The van der Waals surface area contributed by atoms with Crippen LogP contribution >= 0.6 is 0 Å². The van der Waals surface area contributed by atoms with Gasteiger partial charge in [0.15, 0.2) is 0 Å². The van der Waals surface area contributed by atoms with Gasteiger partial charge >= 0.3 is 5.97 Å². The predicted octanol–water partition coefficient (Wildman–Crippen LogP) is 1.64. The Morgan fingerprint density at radius 3 is 2.78 bits per heavy atom. The lowest BCUT2D eigenvalue weighted by Gasteiger charge is -2.04. The van der Waals surface area contributed by atoms with Crippen LogP contribution in [-0.2, 0) is 0 Å². The van der Waals surface area contributed by atoms with Crippen molar-refractivity contribution in [3.05, 3.63) is 36.4 Å². The number of aromatic nitrogens is 3. The van der Waals surface area contributed by atoms with Crippen LogP contribution in [0.25, 0.3) is 11.3 Å². The predicted molar refractivity (Wildman–Crippen MR) is 63.4 cm³/mol. The van der Waals surface area contributed by atoms with Crippen LogP contribution in [0.15, 0.2) is 30.7 Å². The number of ether oxygens (including phenoxy) is 1. The second kappa shape index (κ2) is 5.22. The van der Waals surface area contributed by atoms with Crippen LogP contribution in [0, 0.1) is 0 Å². The highest BCUT2D eigenvalue weighted by atomic mass is 16.5. The quantitative estimate of drug-likeness (QED) is 0.881. The molecule has 0 aliphatic rings. The molecule has 2 aromatic heterocycles. The van der Waals surface area contributed by atoms with Crippen LogP contribution in [0.3, 0.4) is 0 Å². The third-order valence-electron chi connectivity index (χ3n) is 2.18. The van der Waals surface area contributed by atoms with Crippen molar-refractivity contribution >= 4 is 5.97 Å². The van der Waals surface area contributed by atoms with Gasteiger partial charge in [-0.25, -0.2) is 14.8 Å². The SMILES string of the molecule is CCOc1cncc(-c2ccc(C(=O)O)nc2)n1. The van der Waals surface area contributed by atoms with Crippen molar-refractivity contribution in [2.24, 2.45) is 0 Å². The molecule has 2 rings (SSSR count). The zero-order chi connectivity index (χ0) is 13.0. The number of hydrogen-bond donors (Lipinski definition) is 1. The number of nitrogens with zero attached hydrogens (tertiary/aromatic N) is 3. The molecule has 0 unspecified atom stereocenters. The van der Waals surface area contributed by atoms with Gasteiger partial charge in [-0.2, -0.15) is 0 Å². The van der Waals surface area contributed by atoms with Crippen molar-refractivity contribution in [2.75, 3.05) is 6.61 Å². The Labute approximate surface area is 103 Å². The van der Waals surface area contributed by atoms with Crippen molar-refractivity contribution in [2.45, 2.75) is 6.92 Å². The molecule has 0 atom stereocenters. The lowest BCUT2D eigenvalue weighted by Crippen LogP contribution is -2.00. The summed E-state index contributed by atoms with van der Waals surface area (Å²) in [5.74, 6) is -0.631. The number of carboxylic acid groups (broad SMARTS) is 1. The number of carboxylic acids is 1. The number of pyridine rings is 1. The first-order valence-corrected chi connectivity index (χ1v) is 5.35. The molecule has 0 aliphatic heterocycles. The summed E-state index contributed by atoms with van der Waals surface area (Å²) in [4.78, 5) is 22.7. The number of aromatic carboxylic acids is 1. The molecule has 2 heterocycles. The Kier molecular flexibility index (Phi) is 3.47. The highest BCUT2D eigenvalue weighted by molar-refractivity contribution is 5.85. The molecule has 92 valence electrons. The second-order valence-electron chi connectivity index (χ2n) is 3.41. The van der Waals surface area contributed by atoms with Gasteiger partial charge in [-0.05, 0) is 19.1 Å². The molecule has 6 nitrogen and oxygen atoms in total. The van der Waals surface area contributed by atoms with Gasteiger partial charge in [-0.1, -0.05) is 0 Å². The van der Waals surface area contributed by atoms with Crippen LogP contribution in [0.5, 0.6) is 5.88 Å². The summed E-state index contributed by atoms with van der Waals surface area (Å²) in [6, 6.07) is 3.06. The summed E-state index contributed by atoms with van der Waals surface area (Å²) in [6.45, 7) is 2.37. The van der Waals surface area contributed by atoms with Crippen LogP contribution in [0.4, 0.5) is 0 Å². The zero-order valence-electron chi connectivity index (χ0n) is 9.70. The second-order valence-corrected chi connectivity index (χ2v) is 3.41. The summed E-state index contributed by atoms with van der Waals surface area (Å²) in [5.41, 5.74) is 1.27. The molecule has 0 fully saturated rings. The van der Waals surface area contributed by atoms with E-state index in [1.807, 2.05) is 6.92 Å². The van der Waals surface area contributed by atoms with E-state index in [-0.39, 0.29) is 5.69 Å². The van der Waals surface area contributed by atoms with Crippen LogP contribution in [0.1, 0.15) is 17.4 Å². The molecule has 6 heteroatoms. The largest absolute Gasteiger partial charge is 0.477 e. The van der Waals surface area contributed by atoms with Gasteiger partial charge in [0.2, 0.25) is 5.88 Å². The molecule has 0 spiro atoms. The first kappa shape index (κ1) is 12.0. The average molecular weight is 245 g/mol. The standard InChI is InChI=1S/C12H11N3O3/c1-2-18-11-7-13-6-10(15-11)8-3-4-9(12(16)17)14-5-8/h3-7H,2H2,1H3,(H,16,17). The Balaban J connectivity index is 2.30. The number of carbonyl (C=O) groups is 1. The lowest BCUT2D eigenvalue weighted by molar-refractivity contribution is 0.0690. The van der Waals surface area contributed by atoms with Gasteiger partial charge in [0, 0.05) is 11.8 Å². The van der Waals surface area contributed by atoms with E-state index in [4.69, 9.17) is 9.84 Å². The van der Waals surface area contributed by atoms with E-state index in [9.17, 15) is 4.79 Å². The molecule has 1 N–H and O–H groups in total. The van der Waals surface area contributed by atoms with Gasteiger partial charge < -0.3 is 9.84 Å². The van der Waals surface area contributed by atoms with E-state index in [1.165, 1.54) is 18.5 Å². The van der Waals surface area contributed by atoms with Crippen molar-refractivity contribution in [1.29, 1.82) is 0 Å². The number of hydrogen-bond acceptors (Lipinski definition) is 5. The maximum absolute atomic E-state index is 10.7. The molecule has 0 aromatic carbocycles. The van der Waals surface area contributed by atoms with Gasteiger partial charge in [0.1, 0.15) is 5.69 Å².